The number of aryl methyl sites for hydroxylation is 1. The molecule has 1 aliphatic heterocycles. The molecular formula is C25H31N3O5. The Hall–Kier alpha value is -2.89. The third-order valence-electron chi connectivity index (χ3n) is 6.47. The van der Waals surface area contributed by atoms with E-state index < -0.39 is 11.9 Å². The molecule has 8 nitrogen and oxygen atoms in total. The van der Waals surface area contributed by atoms with Crippen molar-refractivity contribution < 1.29 is 19.1 Å². The second-order valence-electron chi connectivity index (χ2n) is 8.82. The summed E-state index contributed by atoms with van der Waals surface area (Å²) in [4.78, 5) is 36.5. The van der Waals surface area contributed by atoms with Gasteiger partial charge in [0.15, 0.2) is 0 Å². The van der Waals surface area contributed by atoms with Crippen molar-refractivity contribution in [2.24, 2.45) is 13.0 Å². The predicted molar refractivity (Wildman–Crippen MR) is 124 cm³/mol. The summed E-state index contributed by atoms with van der Waals surface area (Å²) in [7, 11) is 1.67. The number of imide groups is 1. The van der Waals surface area contributed by atoms with E-state index in [1.54, 1.807) is 13.1 Å². The molecule has 8 heteroatoms. The molecule has 1 saturated heterocycles. The second-order valence-corrected chi connectivity index (χ2v) is 8.82. The van der Waals surface area contributed by atoms with E-state index in [0.29, 0.717) is 43.2 Å². The minimum Gasteiger partial charge on any atom is -0.379 e. The van der Waals surface area contributed by atoms with Crippen LogP contribution < -0.4 is 11.0 Å². The van der Waals surface area contributed by atoms with E-state index in [4.69, 9.17) is 9.47 Å². The lowest BCUT2D eigenvalue weighted by atomic mass is 9.90. The maximum atomic E-state index is 12.8. The van der Waals surface area contributed by atoms with Crippen molar-refractivity contribution >= 4 is 22.8 Å². The Bertz CT molecular complexity index is 1130. The van der Waals surface area contributed by atoms with Crippen LogP contribution in [0.2, 0.25) is 0 Å². The number of benzene rings is 1. The quantitative estimate of drug-likeness (QED) is 0.395. The minimum atomic E-state index is -0.690. The number of hydrogen-bond acceptors (Lipinski definition) is 5. The lowest BCUT2D eigenvalue weighted by molar-refractivity contribution is -0.135. The summed E-state index contributed by atoms with van der Waals surface area (Å²) < 4.78 is 14.2. The highest BCUT2D eigenvalue weighted by Gasteiger charge is 2.31. The predicted octanol–water partition coefficient (Wildman–Crippen LogP) is 2.28. The van der Waals surface area contributed by atoms with Crippen LogP contribution in [0.5, 0.6) is 0 Å². The van der Waals surface area contributed by atoms with Crippen LogP contribution in [0.3, 0.4) is 0 Å². The lowest BCUT2D eigenvalue weighted by Crippen LogP contribution is -2.44. The first-order chi connectivity index (χ1) is 16.0. The van der Waals surface area contributed by atoms with Gasteiger partial charge >= 0.3 is 5.69 Å². The molecule has 1 aromatic carbocycles. The van der Waals surface area contributed by atoms with Crippen molar-refractivity contribution in [3.05, 3.63) is 34.2 Å². The van der Waals surface area contributed by atoms with Crippen LogP contribution in [-0.4, -0.2) is 47.4 Å². The molecule has 2 amide bonds. The van der Waals surface area contributed by atoms with Crippen molar-refractivity contribution in [1.82, 2.24) is 14.5 Å². The topological polar surface area (TPSA) is 91.6 Å². The van der Waals surface area contributed by atoms with E-state index in [1.165, 1.54) is 41.2 Å². The number of carbonyl (C=O) groups excluding carboxylic acids is 2. The summed E-state index contributed by atoms with van der Waals surface area (Å²) in [5.74, 6) is 6.02. The highest BCUT2D eigenvalue weighted by Crippen LogP contribution is 2.24. The number of nitrogens with one attached hydrogen (secondary N) is 1. The zero-order valence-corrected chi connectivity index (χ0v) is 19.1. The summed E-state index contributed by atoms with van der Waals surface area (Å²) >= 11 is 0. The zero-order valence-electron chi connectivity index (χ0n) is 19.1. The number of amides is 2. The Balaban J connectivity index is 1.32. The number of nitrogens with zero attached hydrogens (tertiary/aromatic N) is 2. The van der Waals surface area contributed by atoms with Crippen molar-refractivity contribution in [2.75, 3.05) is 26.4 Å². The molecule has 2 fully saturated rings. The van der Waals surface area contributed by atoms with Crippen LogP contribution in [-0.2, 0) is 26.1 Å². The first kappa shape index (κ1) is 23.3. The molecule has 0 radical (unpaired) electrons. The van der Waals surface area contributed by atoms with E-state index in [0.717, 1.165) is 12.2 Å². The Morgan fingerprint density at radius 3 is 2.61 bits per heavy atom. The maximum Gasteiger partial charge on any atom is 0.329 e. The Labute approximate surface area is 193 Å². The summed E-state index contributed by atoms with van der Waals surface area (Å²) in [6.07, 6.45) is 7.08. The Morgan fingerprint density at radius 2 is 1.82 bits per heavy atom. The van der Waals surface area contributed by atoms with Gasteiger partial charge in [-0.15, -0.1) is 0 Å². The van der Waals surface area contributed by atoms with Crippen LogP contribution in [0.4, 0.5) is 0 Å². The van der Waals surface area contributed by atoms with Crippen LogP contribution in [0, 0.1) is 17.8 Å². The molecule has 4 rings (SSSR count). The fourth-order valence-electron chi connectivity index (χ4n) is 4.65. The molecule has 176 valence electrons. The molecule has 1 N–H and O–H groups in total. The van der Waals surface area contributed by atoms with Crippen molar-refractivity contribution in [3.8, 4) is 11.8 Å². The first-order valence-electron chi connectivity index (χ1n) is 11.7. The third kappa shape index (κ3) is 5.55. The average molecular weight is 454 g/mol. The average Bonchev–Trinajstić information content (AvgIpc) is 3.06. The number of imidazole rings is 1. The molecule has 1 unspecified atom stereocenters. The van der Waals surface area contributed by atoms with Crippen LogP contribution in [0.1, 0.15) is 56.6 Å². The summed E-state index contributed by atoms with van der Waals surface area (Å²) in [5, 5.41) is 2.32. The largest absolute Gasteiger partial charge is 0.379 e. The number of ether oxygens (including phenoxy) is 2. The zero-order chi connectivity index (χ0) is 23.2. The fourth-order valence-corrected chi connectivity index (χ4v) is 4.65. The Morgan fingerprint density at radius 1 is 1.03 bits per heavy atom. The molecule has 33 heavy (non-hydrogen) atoms. The van der Waals surface area contributed by atoms with Gasteiger partial charge in [-0.3, -0.25) is 24.0 Å². The number of hydrogen-bond donors (Lipinski definition) is 1. The molecule has 1 aliphatic carbocycles. The molecular weight excluding hydrogens is 422 g/mol. The minimum absolute atomic E-state index is 0.217. The van der Waals surface area contributed by atoms with E-state index in [1.807, 2.05) is 12.1 Å². The highest BCUT2D eigenvalue weighted by atomic mass is 16.5. The van der Waals surface area contributed by atoms with Crippen molar-refractivity contribution in [1.29, 1.82) is 0 Å². The van der Waals surface area contributed by atoms with Crippen molar-refractivity contribution in [3.63, 3.8) is 0 Å². The normalized spacial score (nSPS) is 19.4. The van der Waals surface area contributed by atoms with Gasteiger partial charge in [-0.25, -0.2) is 4.79 Å². The summed E-state index contributed by atoms with van der Waals surface area (Å²) in [6.45, 7) is 2.23. The molecule has 0 bridgehead atoms. The number of fused-ring (bicyclic) bond motifs is 1. The first-order valence-corrected chi connectivity index (χ1v) is 11.7. The maximum absolute atomic E-state index is 12.8. The molecule has 2 heterocycles. The molecule has 2 aromatic rings. The van der Waals surface area contributed by atoms with Gasteiger partial charge < -0.3 is 9.47 Å². The monoisotopic (exact) mass is 453 g/mol. The van der Waals surface area contributed by atoms with Crippen LogP contribution >= 0.6 is 0 Å². The SMILES string of the molecule is Cn1c(=O)n(C2CCC(=O)NC2=O)c2ccc(C#CCOCCOCC3CCCCC3)cc21. The molecule has 2 aliphatic rings. The smallest absolute Gasteiger partial charge is 0.329 e. The van der Waals surface area contributed by atoms with Gasteiger partial charge in [0.25, 0.3) is 0 Å². The summed E-state index contributed by atoms with van der Waals surface area (Å²) in [5.41, 5.74) is 1.80. The van der Waals surface area contributed by atoms with Crippen LogP contribution in [0.25, 0.3) is 11.0 Å². The van der Waals surface area contributed by atoms with E-state index in [2.05, 4.69) is 17.2 Å². The molecule has 1 atom stereocenters. The van der Waals surface area contributed by atoms with Gasteiger partial charge in [0.05, 0.1) is 24.2 Å². The van der Waals surface area contributed by atoms with Gasteiger partial charge in [-0.05, 0) is 43.4 Å². The number of rotatable bonds is 7. The van der Waals surface area contributed by atoms with E-state index in [-0.39, 0.29) is 18.0 Å². The van der Waals surface area contributed by atoms with E-state index in [9.17, 15) is 14.4 Å². The number of piperidine rings is 1. The number of aromatic nitrogens is 2. The van der Waals surface area contributed by atoms with Crippen molar-refractivity contribution in [2.45, 2.75) is 51.0 Å². The van der Waals surface area contributed by atoms with Gasteiger partial charge in [0.1, 0.15) is 12.6 Å². The third-order valence-corrected chi connectivity index (χ3v) is 6.47. The summed E-state index contributed by atoms with van der Waals surface area (Å²) in [6, 6.07) is 4.76. The highest BCUT2D eigenvalue weighted by molar-refractivity contribution is 6.00. The van der Waals surface area contributed by atoms with E-state index >= 15 is 0 Å². The van der Waals surface area contributed by atoms with Gasteiger partial charge in [-0.2, -0.15) is 0 Å². The standard InChI is InChI=1S/C25H31N3O5/c1-27-22-16-18(8-5-13-32-14-15-33-17-19-6-3-2-4-7-19)9-10-20(22)28(25(27)31)21-11-12-23(29)26-24(21)30/h9-10,16,19,21H,2-4,6-7,11-15,17H2,1H3,(H,26,29,30). The van der Waals surface area contributed by atoms with Gasteiger partial charge in [-0.1, -0.05) is 31.1 Å². The Kier molecular flexibility index (Phi) is 7.63. The fraction of sp³-hybridized carbons (Fsp3) is 0.560. The number of carbonyl (C=O) groups is 2. The molecule has 1 aromatic heterocycles. The van der Waals surface area contributed by atoms with Gasteiger partial charge in [0, 0.05) is 25.6 Å². The van der Waals surface area contributed by atoms with Crippen LogP contribution in [0.15, 0.2) is 23.0 Å². The van der Waals surface area contributed by atoms with Gasteiger partial charge in [0.2, 0.25) is 11.8 Å². The lowest BCUT2D eigenvalue weighted by Gasteiger charge is -2.21. The molecule has 0 spiro atoms. The molecule has 1 saturated carbocycles. The second kappa shape index (κ2) is 10.8.